The van der Waals surface area contributed by atoms with Gasteiger partial charge in [0.05, 0.1) is 17.4 Å². The number of nitrogens with one attached hydrogen (secondary N) is 2. The minimum atomic E-state index is -0.00647. The lowest BCUT2D eigenvalue weighted by Crippen LogP contribution is -2.27. The van der Waals surface area contributed by atoms with Crippen LogP contribution in [0.4, 0.5) is 5.82 Å². The van der Waals surface area contributed by atoms with Gasteiger partial charge in [-0.1, -0.05) is 23.9 Å². The highest BCUT2D eigenvalue weighted by atomic mass is 32.2. The number of fused-ring (bicyclic) bond motifs is 1. The molecule has 2 aromatic rings. The number of aromatic nitrogens is 2. The maximum Gasteiger partial charge on any atom is 0.230 e. The van der Waals surface area contributed by atoms with E-state index in [0.29, 0.717) is 30.1 Å². The Balaban J connectivity index is 1.52. The molecule has 0 spiro atoms. The van der Waals surface area contributed by atoms with Gasteiger partial charge in [-0.05, 0) is 45.2 Å². The topological polar surface area (TPSA) is 76.1 Å². The van der Waals surface area contributed by atoms with Crippen LogP contribution >= 0.6 is 11.8 Å². The SMILES string of the molecule is CC(C)OCCCNC(=O)CSc1nc(NC2CC2)c2ccccc2n1. The predicted octanol–water partition coefficient (Wildman–Crippen LogP) is 3.23. The standard InChI is InChI=1S/C19H26N4O2S/c1-13(2)25-11-5-10-20-17(24)12-26-19-22-16-7-4-3-6-15(16)18(23-19)21-14-8-9-14/h3-4,6-7,13-14H,5,8-12H2,1-2H3,(H,20,24)(H,21,22,23). The summed E-state index contributed by atoms with van der Waals surface area (Å²) >= 11 is 1.37. The van der Waals surface area contributed by atoms with E-state index in [4.69, 9.17) is 4.74 Å². The second-order valence-electron chi connectivity index (χ2n) is 6.70. The van der Waals surface area contributed by atoms with Crippen molar-refractivity contribution < 1.29 is 9.53 Å². The Morgan fingerprint density at radius 3 is 2.88 bits per heavy atom. The van der Waals surface area contributed by atoms with E-state index in [0.717, 1.165) is 23.1 Å². The minimum absolute atomic E-state index is 0.00647. The number of anilines is 1. The summed E-state index contributed by atoms with van der Waals surface area (Å²) in [5, 5.41) is 8.03. The number of carbonyl (C=O) groups is 1. The van der Waals surface area contributed by atoms with Gasteiger partial charge in [0.1, 0.15) is 5.82 Å². The van der Waals surface area contributed by atoms with Gasteiger partial charge in [-0.25, -0.2) is 9.97 Å². The number of thioether (sulfide) groups is 1. The highest BCUT2D eigenvalue weighted by Crippen LogP contribution is 2.29. The summed E-state index contributed by atoms with van der Waals surface area (Å²) in [5.74, 6) is 1.17. The second-order valence-corrected chi connectivity index (χ2v) is 7.64. The van der Waals surface area contributed by atoms with Crippen molar-refractivity contribution in [3.8, 4) is 0 Å². The first-order valence-electron chi connectivity index (χ1n) is 9.16. The Morgan fingerprint density at radius 1 is 1.31 bits per heavy atom. The molecule has 0 bridgehead atoms. The number of nitrogens with zero attached hydrogens (tertiary/aromatic N) is 2. The third kappa shape index (κ3) is 5.85. The Labute approximate surface area is 158 Å². The van der Waals surface area contributed by atoms with Gasteiger partial charge in [-0.3, -0.25) is 4.79 Å². The van der Waals surface area contributed by atoms with Crippen LogP contribution in [0, 0.1) is 0 Å². The minimum Gasteiger partial charge on any atom is -0.379 e. The molecule has 0 aliphatic heterocycles. The summed E-state index contributed by atoms with van der Waals surface area (Å²) < 4.78 is 5.46. The Morgan fingerprint density at radius 2 is 2.12 bits per heavy atom. The first-order chi connectivity index (χ1) is 12.6. The zero-order chi connectivity index (χ0) is 18.4. The lowest BCUT2D eigenvalue weighted by Gasteiger charge is -2.10. The lowest BCUT2D eigenvalue weighted by molar-refractivity contribution is -0.118. The zero-order valence-electron chi connectivity index (χ0n) is 15.3. The van der Waals surface area contributed by atoms with Crippen LogP contribution in [0.15, 0.2) is 29.4 Å². The second kappa shape index (κ2) is 9.19. The molecule has 2 N–H and O–H groups in total. The number of para-hydroxylation sites is 1. The first-order valence-corrected chi connectivity index (χ1v) is 10.1. The van der Waals surface area contributed by atoms with E-state index in [9.17, 15) is 4.79 Å². The fourth-order valence-electron chi connectivity index (χ4n) is 2.45. The van der Waals surface area contributed by atoms with E-state index in [1.807, 2.05) is 38.1 Å². The van der Waals surface area contributed by atoms with Crippen molar-refractivity contribution in [3.63, 3.8) is 0 Å². The molecule has 0 atom stereocenters. The average molecular weight is 375 g/mol. The van der Waals surface area contributed by atoms with Gasteiger partial charge in [0.15, 0.2) is 5.16 Å². The zero-order valence-corrected chi connectivity index (χ0v) is 16.1. The average Bonchev–Trinajstić information content (AvgIpc) is 3.43. The summed E-state index contributed by atoms with van der Waals surface area (Å²) in [4.78, 5) is 21.2. The van der Waals surface area contributed by atoms with Gasteiger partial charge in [0, 0.05) is 24.6 Å². The molecule has 1 saturated carbocycles. The van der Waals surface area contributed by atoms with Crippen LogP contribution in [-0.2, 0) is 9.53 Å². The van der Waals surface area contributed by atoms with Crippen molar-refractivity contribution in [2.24, 2.45) is 0 Å². The molecule has 6 nitrogen and oxygen atoms in total. The molecule has 0 unspecified atom stereocenters. The molecule has 0 radical (unpaired) electrons. The molecule has 1 amide bonds. The Hall–Kier alpha value is -1.86. The monoisotopic (exact) mass is 374 g/mol. The van der Waals surface area contributed by atoms with Gasteiger partial charge >= 0.3 is 0 Å². The number of hydrogen-bond acceptors (Lipinski definition) is 6. The van der Waals surface area contributed by atoms with E-state index in [2.05, 4.69) is 20.6 Å². The molecule has 1 aliphatic rings. The van der Waals surface area contributed by atoms with Crippen LogP contribution in [0.2, 0.25) is 0 Å². The smallest absolute Gasteiger partial charge is 0.230 e. The normalized spacial score (nSPS) is 14.0. The van der Waals surface area contributed by atoms with E-state index >= 15 is 0 Å². The number of amides is 1. The van der Waals surface area contributed by atoms with Gasteiger partial charge in [-0.2, -0.15) is 0 Å². The van der Waals surface area contributed by atoms with E-state index in [-0.39, 0.29) is 12.0 Å². The third-order valence-electron chi connectivity index (χ3n) is 3.93. The van der Waals surface area contributed by atoms with Crippen molar-refractivity contribution in [2.75, 3.05) is 24.2 Å². The first kappa shape index (κ1) is 18.9. The third-order valence-corrected chi connectivity index (χ3v) is 4.78. The summed E-state index contributed by atoms with van der Waals surface area (Å²) in [7, 11) is 0. The van der Waals surface area contributed by atoms with Gasteiger partial charge in [0.2, 0.25) is 5.91 Å². The van der Waals surface area contributed by atoms with Crippen molar-refractivity contribution in [3.05, 3.63) is 24.3 Å². The van der Waals surface area contributed by atoms with E-state index < -0.39 is 0 Å². The van der Waals surface area contributed by atoms with Crippen LogP contribution in [0.1, 0.15) is 33.1 Å². The maximum absolute atomic E-state index is 12.0. The van der Waals surface area contributed by atoms with E-state index in [1.54, 1.807) is 0 Å². The van der Waals surface area contributed by atoms with Crippen LogP contribution < -0.4 is 10.6 Å². The molecule has 1 aliphatic carbocycles. The highest BCUT2D eigenvalue weighted by Gasteiger charge is 2.22. The summed E-state index contributed by atoms with van der Waals surface area (Å²) in [6, 6.07) is 8.49. The van der Waals surface area contributed by atoms with Crippen LogP contribution in [0.5, 0.6) is 0 Å². The van der Waals surface area contributed by atoms with Gasteiger partial charge in [0.25, 0.3) is 0 Å². The van der Waals surface area contributed by atoms with Crippen LogP contribution in [0.25, 0.3) is 10.9 Å². The Kier molecular flexibility index (Phi) is 6.68. The summed E-state index contributed by atoms with van der Waals surface area (Å²) in [6.45, 7) is 5.30. The quantitative estimate of drug-likeness (QED) is 0.378. The van der Waals surface area contributed by atoms with Crippen molar-refractivity contribution >= 4 is 34.4 Å². The molecule has 1 aromatic carbocycles. The molecule has 7 heteroatoms. The highest BCUT2D eigenvalue weighted by molar-refractivity contribution is 7.99. The number of benzene rings is 1. The molecule has 140 valence electrons. The maximum atomic E-state index is 12.0. The molecule has 26 heavy (non-hydrogen) atoms. The molecular weight excluding hydrogens is 348 g/mol. The van der Waals surface area contributed by atoms with Crippen molar-refractivity contribution in [1.82, 2.24) is 15.3 Å². The number of ether oxygens (including phenoxy) is 1. The van der Waals surface area contributed by atoms with Gasteiger partial charge in [-0.15, -0.1) is 0 Å². The lowest BCUT2D eigenvalue weighted by atomic mass is 10.2. The molecular formula is C19H26N4O2S. The molecule has 1 fully saturated rings. The number of rotatable bonds is 10. The van der Waals surface area contributed by atoms with Crippen molar-refractivity contribution in [2.45, 2.75) is 50.4 Å². The fourth-order valence-corrected chi connectivity index (χ4v) is 3.13. The van der Waals surface area contributed by atoms with Crippen LogP contribution in [0.3, 0.4) is 0 Å². The molecule has 1 heterocycles. The number of hydrogen-bond donors (Lipinski definition) is 2. The van der Waals surface area contributed by atoms with Crippen LogP contribution in [-0.4, -0.2) is 46.9 Å². The predicted molar refractivity (Wildman–Crippen MR) is 106 cm³/mol. The van der Waals surface area contributed by atoms with Gasteiger partial charge < -0.3 is 15.4 Å². The number of carbonyl (C=O) groups excluding carboxylic acids is 1. The molecule has 3 rings (SSSR count). The summed E-state index contributed by atoms with van der Waals surface area (Å²) in [5.41, 5.74) is 0.902. The Bertz CT molecular complexity index is 749. The fraction of sp³-hybridized carbons (Fsp3) is 0.526. The molecule has 1 aromatic heterocycles. The summed E-state index contributed by atoms with van der Waals surface area (Å²) in [6.07, 6.45) is 3.41. The molecule has 0 saturated heterocycles. The van der Waals surface area contributed by atoms with E-state index in [1.165, 1.54) is 24.6 Å². The van der Waals surface area contributed by atoms with Crippen molar-refractivity contribution in [1.29, 1.82) is 0 Å². The largest absolute Gasteiger partial charge is 0.379 e.